The van der Waals surface area contributed by atoms with Crippen molar-refractivity contribution >= 4 is 17.7 Å². The summed E-state index contributed by atoms with van der Waals surface area (Å²) in [5, 5.41) is 12.5. The van der Waals surface area contributed by atoms with Gasteiger partial charge in [-0.1, -0.05) is 6.42 Å². The van der Waals surface area contributed by atoms with E-state index in [0.717, 1.165) is 56.5 Å². The molecule has 34 heavy (non-hydrogen) atoms. The number of rotatable bonds is 4. The van der Waals surface area contributed by atoms with Crippen molar-refractivity contribution in [3.8, 4) is 5.75 Å². The first kappa shape index (κ1) is 22.0. The average molecular weight is 468 g/mol. The van der Waals surface area contributed by atoms with Crippen LogP contribution in [0.5, 0.6) is 5.75 Å². The van der Waals surface area contributed by atoms with E-state index in [1.54, 1.807) is 4.90 Å². The molecule has 2 N–H and O–H groups in total. The van der Waals surface area contributed by atoms with Crippen LogP contribution in [-0.2, 0) is 16.1 Å². The minimum Gasteiger partial charge on any atom is -0.489 e. The number of ether oxygens (including phenoxy) is 1. The van der Waals surface area contributed by atoms with Crippen LogP contribution in [0.4, 0.5) is 0 Å². The molecule has 1 unspecified atom stereocenters. The second-order valence-corrected chi connectivity index (χ2v) is 11.5. The molecule has 182 valence electrons. The Balaban J connectivity index is 1.12. The van der Waals surface area contributed by atoms with Gasteiger partial charge in [-0.15, -0.1) is 0 Å². The molecule has 0 bridgehead atoms. The SMILES string of the molecule is CC1(O)CC2(CN([C@H]3CCCC[C@@H]3Oc3ccc4c(c3)CN(C3CCC(=O)NC3=O)C4=O)C2)C1. The molecule has 2 aliphatic carbocycles. The lowest BCUT2D eigenvalue weighted by Gasteiger charge is -2.64. The van der Waals surface area contributed by atoms with Crippen LogP contribution in [0.3, 0.4) is 0 Å². The number of hydrogen-bond acceptors (Lipinski definition) is 6. The largest absolute Gasteiger partial charge is 0.489 e. The van der Waals surface area contributed by atoms with Crippen molar-refractivity contribution in [1.82, 2.24) is 15.1 Å². The molecule has 2 saturated carbocycles. The van der Waals surface area contributed by atoms with Gasteiger partial charge in [0.05, 0.1) is 5.60 Å². The van der Waals surface area contributed by atoms with E-state index < -0.39 is 11.6 Å². The number of imide groups is 1. The topological polar surface area (TPSA) is 99.2 Å². The number of nitrogens with one attached hydrogen (secondary N) is 1. The maximum atomic E-state index is 12.9. The Morgan fingerprint density at radius 1 is 1.09 bits per heavy atom. The summed E-state index contributed by atoms with van der Waals surface area (Å²) in [7, 11) is 0. The van der Waals surface area contributed by atoms with Gasteiger partial charge in [-0.3, -0.25) is 24.6 Å². The molecule has 0 aromatic heterocycles. The van der Waals surface area contributed by atoms with Crippen LogP contribution in [0.25, 0.3) is 0 Å². The van der Waals surface area contributed by atoms with Crippen molar-refractivity contribution in [2.75, 3.05) is 13.1 Å². The van der Waals surface area contributed by atoms with Crippen LogP contribution in [-0.4, -0.2) is 69.5 Å². The summed E-state index contributed by atoms with van der Waals surface area (Å²) in [6.07, 6.45) is 7.05. The van der Waals surface area contributed by atoms with E-state index >= 15 is 0 Å². The van der Waals surface area contributed by atoms with E-state index in [1.165, 1.54) is 6.42 Å². The van der Waals surface area contributed by atoms with Gasteiger partial charge >= 0.3 is 0 Å². The van der Waals surface area contributed by atoms with E-state index in [2.05, 4.69) is 10.2 Å². The van der Waals surface area contributed by atoms with Crippen LogP contribution in [0.2, 0.25) is 0 Å². The molecule has 8 heteroatoms. The molecule has 3 heterocycles. The summed E-state index contributed by atoms with van der Waals surface area (Å²) in [6.45, 7) is 4.40. The maximum absolute atomic E-state index is 12.9. The summed E-state index contributed by atoms with van der Waals surface area (Å²) in [5.74, 6) is -0.0533. The predicted octanol–water partition coefficient (Wildman–Crippen LogP) is 1.98. The normalized spacial score (nSPS) is 32.1. The zero-order chi connectivity index (χ0) is 23.7. The second-order valence-electron chi connectivity index (χ2n) is 11.5. The fourth-order valence-corrected chi connectivity index (χ4v) is 7.27. The van der Waals surface area contributed by atoms with Crippen LogP contribution >= 0.6 is 0 Å². The highest BCUT2D eigenvalue weighted by Gasteiger charge is 2.58. The lowest BCUT2D eigenvalue weighted by atomic mass is 9.55. The number of benzene rings is 1. The van der Waals surface area contributed by atoms with E-state index in [9.17, 15) is 19.5 Å². The zero-order valence-electron chi connectivity index (χ0n) is 19.7. The number of nitrogens with zero attached hydrogens (tertiary/aromatic N) is 2. The van der Waals surface area contributed by atoms with Crippen molar-refractivity contribution in [2.24, 2.45) is 5.41 Å². The number of aliphatic hydroxyl groups is 1. The minimum atomic E-state index is -0.601. The third-order valence-corrected chi connectivity index (χ3v) is 8.51. The molecule has 6 rings (SSSR count). The summed E-state index contributed by atoms with van der Waals surface area (Å²) < 4.78 is 6.52. The van der Waals surface area contributed by atoms with E-state index in [-0.39, 0.29) is 30.2 Å². The molecule has 1 aromatic rings. The van der Waals surface area contributed by atoms with E-state index in [0.29, 0.717) is 30.0 Å². The Morgan fingerprint density at radius 3 is 2.59 bits per heavy atom. The molecule has 3 amide bonds. The molecule has 1 spiro atoms. The summed E-state index contributed by atoms with van der Waals surface area (Å²) >= 11 is 0. The predicted molar refractivity (Wildman–Crippen MR) is 123 cm³/mol. The fraction of sp³-hybridized carbons (Fsp3) is 0.654. The van der Waals surface area contributed by atoms with Crippen LogP contribution in [0, 0.1) is 5.41 Å². The lowest BCUT2D eigenvalue weighted by Crippen LogP contribution is -2.70. The van der Waals surface area contributed by atoms with E-state index in [1.807, 2.05) is 25.1 Å². The molecule has 8 nitrogen and oxygen atoms in total. The third-order valence-electron chi connectivity index (χ3n) is 8.51. The molecule has 3 aliphatic heterocycles. The molecule has 1 aromatic carbocycles. The maximum Gasteiger partial charge on any atom is 0.255 e. The molecular formula is C26H33N3O5. The Bertz CT molecular complexity index is 1040. The molecule has 4 fully saturated rings. The van der Waals surface area contributed by atoms with Crippen molar-refractivity contribution in [1.29, 1.82) is 0 Å². The number of piperidine rings is 1. The standard InChI is InChI=1S/C26H33N3O5/c1-25(33)12-26(13-25)14-28(15-26)19-4-2-3-5-21(19)34-17-6-7-18-16(10-17)11-29(24(18)32)20-8-9-22(30)27-23(20)31/h6-7,10,19-21,33H,2-5,8-9,11-15H2,1H3,(H,27,30,31)/t19-,20?,21-/m0/s1. The van der Waals surface area contributed by atoms with Gasteiger partial charge in [0, 0.05) is 43.1 Å². The van der Waals surface area contributed by atoms with Gasteiger partial charge in [0.15, 0.2) is 0 Å². The van der Waals surface area contributed by atoms with Gasteiger partial charge in [-0.05, 0) is 69.2 Å². The molecule has 0 radical (unpaired) electrons. The minimum absolute atomic E-state index is 0.119. The first-order chi connectivity index (χ1) is 16.2. The van der Waals surface area contributed by atoms with Gasteiger partial charge in [0.1, 0.15) is 17.9 Å². The van der Waals surface area contributed by atoms with Crippen LogP contribution in [0.15, 0.2) is 18.2 Å². The Labute approximate surface area is 199 Å². The van der Waals surface area contributed by atoms with Crippen molar-refractivity contribution in [3.05, 3.63) is 29.3 Å². The Hall–Kier alpha value is -2.45. The highest BCUT2D eigenvalue weighted by molar-refractivity contribution is 6.05. The number of likely N-dealkylation sites (tertiary alicyclic amines) is 1. The molecular weight excluding hydrogens is 434 g/mol. The number of carbonyl (C=O) groups excluding carboxylic acids is 3. The van der Waals surface area contributed by atoms with Gasteiger partial charge < -0.3 is 14.7 Å². The number of hydrogen-bond donors (Lipinski definition) is 2. The third kappa shape index (κ3) is 3.71. The Kier molecular flexibility index (Phi) is 5.04. The van der Waals surface area contributed by atoms with Gasteiger partial charge in [0.25, 0.3) is 5.91 Å². The van der Waals surface area contributed by atoms with Crippen molar-refractivity contribution in [2.45, 2.75) is 88.6 Å². The monoisotopic (exact) mass is 467 g/mol. The van der Waals surface area contributed by atoms with Gasteiger partial charge in [-0.2, -0.15) is 0 Å². The highest BCUT2D eigenvalue weighted by Crippen LogP contribution is 2.55. The van der Waals surface area contributed by atoms with Gasteiger partial charge in [-0.25, -0.2) is 0 Å². The first-order valence-electron chi connectivity index (χ1n) is 12.6. The molecule has 5 aliphatic rings. The smallest absolute Gasteiger partial charge is 0.255 e. The Morgan fingerprint density at radius 2 is 1.85 bits per heavy atom. The zero-order valence-corrected chi connectivity index (χ0v) is 19.7. The highest BCUT2D eigenvalue weighted by atomic mass is 16.5. The second kappa shape index (κ2) is 7.78. The number of fused-ring (bicyclic) bond motifs is 1. The quantitative estimate of drug-likeness (QED) is 0.657. The average Bonchev–Trinajstić information content (AvgIpc) is 3.06. The first-order valence-corrected chi connectivity index (χ1v) is 12.6. The van der Waals surface area contributed by atoms with E-state index in [4.69, 9.17) is 4.74 Å². The molecule has 2 saturated heterocycles. The lowest BCUT2D eigenvalue weighted by molar-refractivity contribution is -0.198. The molecule has 3 atom stereocenters. The van der Waals surface area contributed by atoms with Crippen LogP contribution < -0.4 is 10.1 Å². The summed E-state index contributed by atoms with van der Waals surface area (Å²) in [5.41, 5.74) is 1.30. The fourth-order valence-electron chi connectivity index (χ4n) is 7.27. The van der Waals surface area contributed by atoms with Gasteiger partial charge in [0.2, 0.25) is 11.8 Å². The summed E-state index contributed by atoms with van der Waals surface area (Å²) in [4.78, 5) is 40.8. The van der Waals surface area contributed by atoms with Crippen molar-refractivity contribution < 1.29 is 24.2 Å². The van der Waals surface area contributed by atoms with Crippen LogP contribution in [0.1, 0.15) is 74.2 Å². The van der Waals surface area contributed by atoms with Crippen molar-refractivity contribution in [3.63, 3.8) is 0 Å². The number of amides is 3. The number of carbonyl (C=O) groups is 3. The summed E-state index contributed by atoms with van der Waals surface area (Å²) in [6, 6.07) is 5.42.